The topological polar surface area (TPSA) is 86.8 Å². The van der Waals surface area contributed by atoms with Crippen molar-refractivity contribution in [1.29, 1.82) is 0 Å². The first-order valence-electron chi connectivity index (χ1n) is 10.7. The Hall–Kier alpha value is -4.06. The number of carbonyl (C=O) groups is 1. The van der Waals surface area contributed by atoms with Crippen LogP contribution in [0.4, 0.5) is 32.0 Å². The van der Waals surface area contributed by atoms with Crippen LogP contribution in [0.5, 0.6) is 5.88 Å². The standard InChI is InChI=1S/C25H18ClF6N3O3/c26-18-3-1-2-4-19(18)35-20(14-21(33)25(30,31)32)15-5-7-16(8-6-15)23(36)38-12-11-37-22-13-17(9-10-34-22)24(27,28)29/h1-10,13-14H,11-12,33H2. The molecule has 0 fully saturated rings. The van der Waals surface area contributed by atoms with E-state index in [1.165, 1.54) is 36.4 Å². The molecule has 1 heterocycles. The molecule has 0 atom stereocenters. The molecule has 3 rings (SSSR count). The van der Waals surface area contributed by atoms with Gasteiger partial charge in [-0.1, -0.05) is 35.9 Å². The Morgan fingerprint density at radius 1 is 0.974 bits per heavy atom. The smallest absolute Gasteiger partial charge is 0.430 e. The molecule has 0 bridgehead atoms. The molecule has 0 spiro atoms. The van der Waals surface area contributed by atoms with Gasteiger partial charge in [-0.3, -0.25) is 0 Å². The third kappa shape index (κ3) is 7.97. The van der Waals surface area contributed by atoms with E-state index in [-0.39, 0.29) is 46.6 Å². The minimum absolute atomic E-state index is 0.0517. The number of nitrogens with two attached hydrogens (primary N) is 1. The third-order valence-corrected chi connectivity index (χ3v) is 5.08. The van der Waals surface area contributed by atoms with Crippen LogP contribution in [-0.2, 0) is 10.9 Å². The van der Waals surface area contributed by atoms with Gasteiger partial charge in [-0.05, 0) is 36.4 Å². The molecule has 38 heavy (non-hydrogen) atoms. The van der Waals surface area contributed by atoms with Crippen LogP contribution >= 0.6 is 11.6 Å². The van der Waals surface area contributed by atoms with Crippen LogP contribution in [0, 0.1) is 0 Å². The number of benzene rings is 2. The molecule has 0 aliphatic carbocycles. The number of aliphatic imine (C=N–C) groups is 1. The van der Waals surface area contributed by atoms with Crippen LogP contribution in [0.25, 0.3) is 0 Å². The number of alkyl halides is 6. The zero-order chi connectivity index (χ0) is 27.9. The zero-order valence-corrected chi connectivity index (χ0v) is 19.9. The molecule has 2 aromatic carbocycles. The van der Waals surface area contributed by atoms with Crippen LogP contribution in [0.15, 0.2) is 83.6 Å². The lowest BCUT2D eigenvalue weighted by molar-refractivity contribution is -0.137. The van der Waals surface area contributed by atoms with Crippen molar-refractivity contribution in [3.63, 3.8) is 0 Å². The number of ether oxygens (including phenoxy) is 2. The Kier molecular flexibility index (Phi) is 9.00. The van der Waals surface area contributed by atoms with Gasteiger partial charge in [0.1, 0.15) is 18.9 Å². The Labute approximate surface area is 217 Å². The lowest BCUT2D eigenvalue weighted by atomic mass is 10.1. The summed E-state index contributed by atoms with van der Waals surface area (Å²) in [4.78, 5) is 20.1. The van der Waals surface area contributed by atoms with E-state index in [1.807, 2.05) is 0 Å². The summed E-state index contributed by atoms with van der Waals surface area (Å²) in [6.45, 7) is -0.573. The minimum Gasteiger partial charge on any atom is -0.474 e. The Morgan fingerprint density at radius 3 is 2.26 bits per heavy atom. The van der Waals surface area contributed by atoms with Gasteiger partial charge < -0.3 is 15.2 Å². The van der Waals surface area contributed by atoms with Crippen LogP contribution in [0.2, 0.25) is 5.02 Å². The first-order chi connectivity index (χ1) is 17.8. The van der Waals surface area contributed by atoms with Gasteiger partial charge >= 0.3 is 18.3 Å². The number of halogens is 7. The fraction of sp³-hybridized carbons (Fsp3) is 0.160. The fourth-order valence-corrected chi connectivity index (χ4v) is 3.07. The minimum atomic E-state index is -4.79. The second kappa shape index (κ2) is 12.0. The maximum atomic E-state index is 13.0. The average molecular weight is 558 g/mol. The Balaban J connectivity index is 1.69. The van der Waals surface area contributed by atoms with E-state index in [0.717, 1.165) is 12.3 Å². The lowest BCUT2D eigenvalue weighted by Crippen LogP contribution is -2.21. The predicted molar refractivity (Wildman–Crippen MR) is 127 cm³/mol. The predicted octanol–water partition coefficient (Wildman–Crippen LogP) is 6.52. The number of pyridine rings is 1. The number of nitrogens with zero attached hydrogens (tertiary/aromatic N) is 2. The van der Waals surface area contributed by atoms with E-state index >= 15 is 0 Å². The van der Waals surface area contributed by atoms with E-state index in [4.69, 9.17) is 26.8 Å². The van der Waals surface area contributed by atoms with Crippen LogP contribution in [-0.4, -0.2) is 36.1 Å². The normalized spacial score (nSPS) is 12.8. The molecule has 13 heteroatoms. The molecule has 1 aromatic heterocycles. The number of hydrogen-bond donors (Lipinski definition) is 1. The molecule has 0 saturated carbocycles. The van der Waals surface area contributed by atoms with Crippen molar-refractivity contribution >= 4 is 29.0 Å². The van der Waals surface area contributed by atoms with E-state index in [2.05, 4.69) is 9.98 Å². The van der Waals surface area contributed by atoms with Gasteiger partial charge in [0.15, 0.2) is 0 Å². The van der Waals surface area contributed by atoms with Crippen molar-refractivity contribution < 1.29 is 40.6 Å². The molecule has 0 radical (unpaired) electrons. The van der Waals surface area contributed by atoms with E-state index in [0.29, 0.717) is 12.1 Å². The van der Waals surface area contributed by atoms with Gasteiger partial charge in [-0.2, -0.15) is 26.3 Å². The van der Waals surface area contributed by atoms with Crippen molar-refractivity contribution in [3.8, 4) is 5.88 Å². The number of carbonyl (C=O) groups excluding carboxylic acids is 1. The summed E-state index contributed by atoms with van der Waals surface area (Å²) in [5.74, 6) is -1.09. The second-order valence-electron chi connectivity index (χ2n) is 7.49. The molecule has 3 aromatic rings. The summed E-state index contributed by atoms with van der Waals surface area (Å²) >= 11 is 6.07. The molecule has 0 aliphatic rings. The summed E-state index contributed by atoms with van der Waals surface area (Å²) in [5.41, 5.74) is 3.15. The Morgan fingerprint density at radius 2 is 1.63 bits per heavy atom. The monoisotopic (exact) mass is 557 g/mol. The van der Waals surface area contributed by atoms with Crippen molar-refractivity contribution in [2.75, 3.05) is 13.2 Å². The maximum Gasteiger partial charge on any atom is 0.430 e. The summed E-state index contributed by atoms with van der Waals surface area (Å²) < 4.78 is 87.5. The molecular weight excluding hydrogens is 540 g/mol. The first-order valence-corrected chi connectivity index (χ1v) is 11.0. The summed E-state index contributed by atoms with van der Waals surface area (Å²) in [7, 11) is 0. The van der Waals surface area contributed by atoms with Crippen molar-refractivity contribution in [3.05, 3.63) is 100 Å². The van der Waals surface area contributed by atoms with Gasteiger partial charge in [0.25, 0.3) is 0 Å². The number of esters is 1. The summed E-state index contributed by atoms with van der Waals surface area (Å²) in [6, 6.07) is 13.0. The highest BCUT2D eigenvalue weighted by Gasteiger charge is 2.32. The zero-order valence-electron chi connectivity index (χ0n) is 19.2. The Bertz CT molecular complexity index is 1340. The molecule has 200 valence electrons. The number of hydrogen-bond acceptors (Lipinski definition) is 6. The van der Waals surface area contributed by atoms with Gasteiger partial charge in [-0.25, -0.2) is 14.8 Å². The van der Waals surface area contributed by atoms with Gasteiger partial charge in [0.05, 0.1) is 27.5 Å². The fourth-order valence-electron chi connectivity index (χ4n) is 2.89. The second-order valence-corrected chi connectivity index (χ2v) is 7.90. The van der Waals surface area contributed by atoms with Crippen LogP contribution in [0.3, 0.4) is 0 Å². The van der Waals surface area contributed by atoms with Gasteiger partial charge in [0.2, 0.25) is 5.88 Å². The van der Waals surface area contributed by atoms with Gasteiger partial charge in [-0.15, -0.1) is 0 Å². The van der Waals surface area contributed by atoms with Crippen LogP contribution in [0.1, 0.15) is 21.5 Å². The molecule has 2 N–H and O–H groups in total. The number of allylic oxidation sites excluding steroid dienone is 2. The molecule has 0 aliphatic heterocycles. The van der Waals surface area contributed by atoms with Crippen molar-refractivity contribution in [1.82, 2.24) is 4.98 Å². The van der Waals surface area contributed by atoms with E-state index in [9.17, 15) is 31.1 Å². The van der Waals surface area contributed by atoms with Crippen molar-refractivity contribution in [2.45, 2.75) is 12.4 Å². The highest BCUT2D eigenvalue weighted by Crippen LogP contribution is 2.30. The number of para-hydroxylation sites is 1. The van der Waals surface area contributed by atoms with Gasteiger partial charge in [0, 0.05) is 17.8 Å². The molecule has 0 amide bonds. The molecule has 0 saturated heterocycles. The quantitative estimate of drug-likeness (QED) is 0.148. The number of aromatic nitrogens is 1. The average Bonchev–Trinajstić information content (AvgIpc) is 2.86. The van der Waals surface area contributed by atoms with E-state index in [1.54, 1.807) is 12.1 Å². The lowest BCUT2D eigenvalue weighted by Gasteiger charge is -2.10. The highest BCUT2D eigenvalue weighted by atomic mass is 35.5. The first kappa shape index (κ1) is 28.5. The SMILES string of the molecule is NC(=CC(=Nc1ccccc1Cl)c1ccc(C(=O)OCCOc2cc(C(F)(F)F)ccn2)cc1)C(F)(F)F. The summed E-state index contributed by atoms with van der Waals surface area (Å²) in [6.07, 6.45) is -7.77. The summed E-state index contributed by atoms with van der Waals surface area (Å²) in [5, 5.41) is 0.201. The third-order valence-electron chi connectivity index (χ3n) is 4.76. The van der Waals surface area contributed by atoms with Crippen LogP contribution < -0.4 is 10.5 Å². The largest absolute Gasteiger partial charge is 0.474 e. The molecular formula is C25H18ClF6N3O3. The molecule has 6 nitrogen and oxygen atoms in total. The van der Waals surface area contributed by atoms with Crippen molar-refractivity contribution in [2.24, 2.45) is 10.7 Å². The number of rotatable bonds is 8. The molecule has 0 unspecified atom stereocenters. The maximum absolute atomic E-state index is 13.0. The van der Waals surface area contributed by atoms with E-state index < -0.39 is 29.6 Å². The highest BCUT2D eigenvalue weighted by molar-refractivity contribution is 6.33.